The third-order valence-corrected chi connectivity index (χ3v) is 2.66. The highest BCUT2D eigenvalue weighted by Gasteiger charge is 2.16. The number of nitro groups is 1. The first-order valence-corrected chi connectivity index (χ1v) is 5.82. The van der Waals surface area contributed by atoms with Crippen molar-refractivity contribution < 1.29 is 14.5 Å². The lowest BCUT2D eigenvalue weighted by molar-refractivity contribution is -0.385. The molecule has 0 aliphatic heterocycles. The van der Waals surface area contributed by atoms with E-state index in [9.17, 15) is 14.9 Å². The molecule has 0 aliphatic rings. The Bertz CT molecular complexity index is 466. The first-order chi connectivity index (χ1) is 8.41. The van der Waals surface area contributed by atoms with Crippen molar-refractivity contribution >= 4 is 27.5 Å². The van der Waals surface area contributed by atoms with Crippen LogP contribution in [0.2, 0.25) is 0 Å². The fourth-order valence-corrected chi connectivity index (χ4v) is 1.54. The van der Waals surface area contributed by atoms with Crippen LogP contribution in [0.5, 0.6) is 5.75 Å². The zero-order chi connectivity index (χ0) is 13.7. The van der Waals surface area contributed by atoms with Crippen LogP contribution in [0.25, 0.3) is 0 Å². The molecule has 1 unspecified atom stereocenters. The second-order valence-corrected chi connectivity index (χ2v) is 4.43. The Balaban J connectivity index is 2.67. The topological polar surface area (TPSA) is 121 Å². The van der Waals surface area contributed by atoms with E-state index >= 15 is 0 Å². The molecule has 0 aromatic heterocycles. The molecule has 8 heteroatoms. The molecule has 0 aliphatic carbocycles. The molecule has 0 saturated carbocycles. The molecule has 4 N–H and O–H groups in total. The Labute approximate surface area is 111 Å². The number of amides is 1. The summed E-state index contributed by atoms with van der Waals surface area (Å²) in [4.78, 5) is 20.9. The van der Waals surface area contributed by atoms with Gasteiger partial charge >= 0.3 is 5.69 Å². The van der Waals surface area contributed by atoms with Gasteiger partial charge in [-0.2, -0.15) is 0 Å². The van der Waals surface area contributed by atoms with Crippen molar-refractivity contribution in [1.82, 2.24) is 0 Å². The lowest BCUT2D eigenvalue weighted by atomic mass is 10.2. The van der Waals surface area contributed by atoms with Gasteiger partial charge in [-0.05, 0) is 12.1 Å². The van der Waals surface area contributed by atoms with E-state index in [2.05, 4.69) is 15.9 Å². The van der Waals surface area contributed by atoms with Crippen LogP contribution in [0.15, 0.2) is 22.7 Å². The second kappa shape index (κ2) is 6.31. The highest BCUT2D eigenvalue weighted by molar-refractivity contribution is 9.10. The Morgan fingerprint density at radius 1 is 1.56 bits per heavy atom. The van der Waals surface area contributed by atoms with Crippen molar-refractivity contribution in [3.63, 3.8) is 0 Å². The van der Waals surface area contributed by atoms with Crippen LogP contribution in [-0.2, 0) is 4.79 Å². The van der Waals surface area contributed by atoms with Crippen LogP contribution < -0.4 is 16.2 Å². The first kappa shape index (κ1) is 14.4. The first-order valence-electron chi connectivity index (χ1n) is 5.03. The number of nitrogens with zero attached hydrogens (tertiary/aromatic N) is 1. The van der Waals surface area contributed by atoms with Crippen LogP contribution in [0, 0.1) is 10.1 Å². The van der Waals surface area contributed by atoms with Gasteiger partial charge in [-0.25, -0.2) is 0 Å². The highest BCUT2D eigenvalue weighted by atomic mass is 79.9. The lowest BCUT2D eigenvalue weighted by Gasteiger charge is -2.09. The van der Waals surface area contributed by atoms with E-state index in [1.165, 1.54) is 12.1 Å². The van der Waals surface area contributed by atoms with Crippen molar-refractivity contribution in [3.8, 4) is 5.75 Å². The molecular formula is C10H12BrN3O4. The van der Waals surface area contributed by atoms with Crippen LogP contribution in [-0.4, -0.2) is 23.5 Å². The van der Waals surface area contributed by atoms with E-state index < -0.39 is 16.9 Å². The Kier molecular flexibility index (Phi) is 5.05. The molecule has 0 heterocycles. The third kappa shape index (κ3) is 3.97. The molecule has 7 nitrogen and oxygen atoms in total. The number of nitro benzene ring substituents is 1. The second-order valence-electron chi connectivity index (χ2n) is 3.52. The summed E-state index contributed by atoms with van der Waals surface area (Å²) in [7, 11) is 0. The number of hydrogen-bond acceptors (Lipinski definition) is 5. The Morgan fingerprint density at radius 2 is 2.22 bits per heavy atom. The normalized spacial score (nSPS) is 11.9. The predicted octanol–water partition coefficient (Wildman–Crippen LogP) is 0.939. The van der Waals surface area contributed by atoms with Crippen molar-refractivity contribution in [2.45, 2.75) is 12.5 Å². The molecule has 1 aromatic rings. The number of benzene rings is 1. The number of ether oxygens (including phenoxy) is 1. The summed E-state index contributed by atoms with van der Waals surface area (Å²) in [5.74, 6) is -0.510. The molecule has 18 heavy (non-hydrogen) atoms. The highest BCUT2D eigenvalue weighted by Crippen LogP contribution is 2.30. The summed E-state index contributed by atoms with van der Waals surface area (Å²) in [6.45, 7) is 0.0760. The molecular weight excluding hydrogens is 306 g/mol. The van der Waals surface area contributed by atoms with Crippen LogP contribution in [0.1, 0.15) is 6.42 Å². The molecule has 0 radical (unpaired) electrons. The van der Waals surface area contributed by atoms with Gasteiger partial charge in [0, 0.05) is 17.0 Å². The monoisotopic (exact) mass is 317 g/mol. The van der Waals surface area contributed by atoms with Crippen LogP contribution in [0.3, 0.4) is 0 Å². The summed E-state index contributed by atoms with van der Waals surface area (Å²) >= 11 is 3.13. The molecule has 0 fully saturated rings. The SMILES string of the molecule is NC(=O)C(N)CCOc1ccc(Br)cc1[N+](=O)[O-]. The van der Waals surface area contributed by atoms with Crippen molar-refractivity contribution in [3.05, 3.63) is 32.8 Å². The number of hydrogen-bond donors (Lipinski definition) is 2. The molecule has 1 amide bonds. The van der Waals surface area contributed by atoms with Crippen molar-refractivity contribution in [1.29, 1.82) is 0 Å². The van der Waals surface area contributed by atoms with Gasteiger partial charge < -0.3 is 16.2 Å². The van der Waals surface area contributed by atoms with Crippen molar-refractivity contribution in [2.75, 3.05) is 6.61 Å². The van der Waals surface area contributed by atoms with Gasteiger partial charge in [-0.3, -0.25) is 14.9 Å². The zero-order valence-electron chi connectivity index (χ0n) is 9.34. The maximum atomic E-state index is 10.8. The Hall–Kier alpha value is -1.67. The molecule has 0 spiro atoms. The number of rotatable bonds is 6. The standard InChI is InChI=1S/C10H12BrN3O4/c11-6-1-2-9(8(5-6)14(16)17)18-4-3-7(12)10(13)15/h1-2,5,7H,3-4,12H2,(H2,13,15). The molecule has 1 aromatic carbocycles. The minimum atomic E-state index is -0.820. The number of carbonyl (C=O) groups is 1. The van der Waals surface area contributed by atoms with E-state index in [1.807, 2.05) is 0 Å². The Morgan fingerprint density at radius 3 is 2.78 bits per heavy atom. The van der Waals surface area contributed by atoms with Gasteiger partial charge in [0.2, 0.25) is 5.91 Å². The lowest BCUT2D eigenvalue weighted by Crippen LogP contribution is -2.37. The van der Waals surface area contributed by atoms with E-state index in [4.69, 9.17) is 16.2 Å². The van der Waals surface area contributed by atoms with E-state index in [0.29, 0.717) is 4.47 Å². The maximum absolute atomic E-state index is 10.8. The molecule has 0 bridgehead atoms. The summed E-state index contributed by atoms with van der Waals surface area (Å²) in [6.07, 6.45) is 0.197. The summed E-state index contributed by atoms with van der Waals surface area (Å²) in [6, 6.07) is 3.61. The maximum Gasteiger partial charge on any atom is 0.312 e. The molecule has 1 atom stereocenters. The zero-order valence-corrected chi connectivity index (χ0v) is 10.9. The van der Waals surface area contributed by atoms with E-state index in [1.54, 1.807) is 6.07 Å². The summed E-state index contributed by atoms with van der Waals surface area (Å²) in [5.41, 5.74) is 10.2. The minimum absolute atomic E-state index is 0.0760. The van der Waals surface area contributed by atoms with Gasteiger partial charge in [0.25, 0.3) is 0 Å². The average molecular weight is 318 g/mol. The van der Waals surface area contributed by atoms with Gasteiger partial charge in [0.1, 0.15) is 0 Å². The van der Waals surface area contributed by atoms with E-state index in [-0.39, 0.29) is 24.5 Å². The number of primary amides is 1. The number of carbonyl (C=O) groups excluding carboxylic acids is 1. The quantitative estimate of drug-likeness (QED) is 0.597. The van der Waals surface area contributed by atoms with Crippen LogP contribution >= 0.6 is 15.9 Å². The van der Waals surface area contributed by atoms with E-state index in [0.717, 1.165) is 0 Å². The molecule has 1 rings (SSSR count). The molecule has 98 valence electrons. The van der Waals surface area contributed by atoms with Crippen LogP contribution in [0.4, 0.5) is 5.69 Å². The summed E-state index contributed by atoms with van der Waals surface area (Å²) in [5, 5.41) is 10.8. The van der Waals surface area contributed by atoms with Gasteiger partial charge in [-0.15, -0.1) is 0 Å². The fraction of sp³-hybridized carbons (Fsp3) is 0.300. The summed E-state index contributed by atoms with van der Waals surface area (Å²) < 4.78 is 5.80. The average Bonchev–Trinajstić information content (AvgIpc) is 2.30. The van der Waals surface area contributed by atoms with Gasteiger partial charge in [0.05, 0.1) is 17.6 Å². The smallest absolute Gasteiger partial charge is 0.312 e. The van der Waals surface area contributed by atoms with Gasteiger partial charge in [0.15, 0.2) is 5.75 Å². The predicted molar refractivity (Wildman–Crippen MR) is 68.1 cm³/mol. The fourth-order valence-electron chi connectivity index (χ4n) is 1.19. The minimum Gasteiger partial charge on any atom is -0.487 e. The van der Waals surface area contributed by atoms with Gasteiger partial charge in [-0.1, -0.05) is 15.9 Å². The van der Waals surface area contributed by atoms with Crippen molar-refractivity contribution in [2.24, 2.45) is 11.5 Å². The number of halogens is 1. The number of nitrogens with two attached hydrogens (primary N) is 2. The third-order valence-electron chi connectivity index (χ3n) is 2.17. The molecule has 0 saturated heterocycles. The largest absolute Gasteiger partial charge is 0.487 e.